The highest BCUT2D eigenvalue weighted by Crippen LogP contribution is 2.35. The molecule has 0 radical (unpaired) electrons. The molecule has 21 heavy (non-hydrogen) atoms. The molecule has 1 aromatic rings. The zero-order valence-corrected chi connectivity index (χ0v) is 11.7. The van der Waals surface area contributed by atoms with Gasteiger partial charge in [-0.05, 0) is 25.0 Å². The topological polar surface area (TPSA) is 63.4 Å². The number of nitrogens with two attached hydrogens (primary N) is 1. The third kappa shape index (κ3) is 3.13. The second kappa shape index (κ2) is 5.45. The Morgan fingerprint density at radius 3 is 2.57 bits per heavy atom. The number of piperidine rings is 1. The fraction of sp³-hybridized carbons (Fsp3) is 0.500. The first-order valence-corrected chi connectivity index (χ1v) is 7.69. The quantitative estimate of drug-likeness (QED) is 0.670. The maximum atomic E-state index is 13.4. The van der Waals surface area contributed by atoms with E-state index in [2.05, 4.69) is 0 Å². The van der Waals surface area contributed by atoms with Crippen LogP contribution >= 0.6 is 0 Å². The van der Waals surface area contributed by atoms with Crippen molar-refractivity contribution in [1.29, 1.82) is 0 Å². The summed E-state index contributed by atoms with van der Waals surface area (Å²) in [6, 6.07) is 3.23. The number of hydrogen-bond acceptors (Lipinski definition) is 3. The summed E-state index contributed by atoms with van der Waals surface area (Å²) >= 11 is 0. The Balaban J connectivity index is 2.33. The van der Waals surface area contributed by atoms with Gasteiger partial charge in [-0.1, -0.05) is 6.07 Å². The van der Waals surface area contributed by atoms with Crippen molar-refractivity contribution in [2.45, 2.75) is 23.9 Å². The molecule has 2 rings (SSSR count). The second-order valence-electron chi connectivity index (χ2n) is 4.90. The Morgan fingerprint density at radius 1 is 1.29 bits per heavy atom. The summed E-state index contributed by atoms with van der Waals surface area (Å²) in [4.78, 5) is -0.495. The van der Waals surface area contributed by atoms with Gasteiger partial charge in [0.25, 0.3) is 0 Å². The van der Waals surface area contributed by atoms with Crippen molar-refractivity contribution in [2.75, 3.05) is 18.8 Å². The number of hydrogen-bond donors (Lipinski definition) is 1. The summed E-state index contributed by atoms with van der Waals surface area (Å²) in [6.07, 6.45) is -4.48. The molecule has 1 aliphatic rings. The first-order chi connectivity index (χ1) is 9.64. The molecule has 2 N–H and O–H groups in total. The molecule has 1 unspecified atom stereocenters. The number of halogens is 4. The molecule has 1 aliphatic heterocycles. The van der Waals surface area contributed by atoms with Crippen molar-refractivity contribution in [1.82, 2.24) is 4.31 Å². The van der Waals surface area contributed by atoms with Crippen molar-refractivity contribution < 1.29 is 26.0 Å². The standard InChI is InChI=1S/C12H14F4N2O2S/c13-9-4-1-5-10(11(9)17)21(19,20)18-6-2-3-8(7-18)12(14,15)16/h1,4-5,8H,2-3,6-7,17H2. The first kappa shape index (κ1) is 16.0. The molecule has 0 bridgehead atoms. The van der Waals surface area contributed by atoms with Gasteiger partial charge in [0.15, 0.2) is 0 Å². The van der Waals surface area contributed by atoms with Crippen LogP contribution in [0.1, 0.15) is 12.8 Å². The number of benzene rings is 1. The lowest BCUT2D eigenvalue weighted by Gasteiger charge is -2.33. The van der Waals surface area contributed by atoms with Crippen LogP contribution in [0.5, 0.6) is 0 Å². The number of anilines is 1. The minimum Gasteiger partial charge on any atom is -0.395 e. The van der Waals surface area contributed by atoms with E-state index in [1.807, 2.05) is 0 Å². The van der Waals surface area contributed by atoms with E-state index in [1.165, 1.54) is 0 Å². The van der Waals surface area contributed by atoms with Crippen molar-refractivity contribution >= 4 is 15.7 Å². The van der Waals surface area contributed by atoms with Gasteiger partial charge in [0.1, 0.15) is 10.7 Å². The molecule has 0 aliphatic carbocycles. The molecule has 4 nitrogen and oxygen atoms in total. The summed E-state index contributed by atoms with van der Waals surface area (Å²) in [5, 5.41) is 0. The number of nitrogens with zero attached hydrogens (tertiary/aromatic N) is 1. The fourth-order valence-electron chi connectivity index (χ4n) is 2.31. The second-order valence-corrected chi connectivity index (χ2v) is 6.80. The maximum absolute atomic E-state index is 13.4. The molecule has 0 saturated carbocycles. The highest BCUT2D eigenvalue weighted by Gasteiger charge is 2.44. The van der Waals surface area contributed by atoms with Crippen LogP contribution in [0, 0.1) is 11.7 Å². The molecular weight excluding hydrogens is 312 g/mol. The van der Waals surface area contributed by atoms with Crippen LogP contribution in [0.3, 0.4) is 0 Å². The van der Waals surface area contributed by atoms with Gasteiger partial charge in [-0.15, -0.1) is 0 Å². The molecule has 1 fully saturated rings. The number of alkyl halides is 3. The van der Waals surface area contributed by atoms with E-state index in [-0.39, 0.29) is 19.4 Å². The number of para-hydroxylation sites is 1. The number of nitrogen functional groups attached to an aromatic ring is 1. The van der Waals surface area contributed by atoms with Gasteiger partial charge in [0.2, 0.25) is 10.0 Å². The minimum atomic E-state index is -4.46. The lowest BCUT2D eigenvalue weighted by atomic mass is 9.99. The highest BCUT2D eigenvalue weighted by atomic mass is 32.2. The van der Waals surface area contributed by atoms with E-state index >= 15 is 0 Å². The first-order valence-electron chi connectivity index (χ1n) is 6.25. The van der Waals surface area contributed by atoms with E-state index in [0.29, 0.717) is 0 Å². The smallest absolute Gasteiger partial charge is 0.393 e. The van der Waals surface area contributed by atoms with Crippen LogP contribution in [-0.4, -0.2) is 32.0 Å². The van der Waals surface area contributed by atoms with Crippen LogP contribution in [0.4, 0.5) is 23.2 Å². The van der Waals surface area contributed by atoms with Gasteiger partial charge in [-0.3, -0.25) is 0 Å². The normalized spacial score (nSPS) is 21.4. The molecule has 9 heteroatoms. The van der Waals surface area contributed by atoms with Gasteiger partial charge < -0.3 is 5.73 Å². The van der Waals surface area contributed by atoms with Crippen molar-refractivity contribution in [3.8, 4) is 0 Å². The highest BCUT2D eigenvalue weighted by molar-refractivity contribution is 7.89. The summed E-state index contributed by atoms with van der Waals surface area (Å²) in [5.74, 6) is -2.63. The van der Waals surface area contributed by atoms with E-state index in [4.69, 9.17) is 5.73 Å². The third-order valence-electron chi connectivity index (χ3n) is 3.48. The molecule has 0 aromatic heterocycles. The summed E-state index contributed by atoms with van der Waals surface area (Å²) in [7, 11) is -4.24. The van der Waals surface area contributed by atoms with Crippen LogP contribution < -0.4 is 5.73 Å². The van der Waals surface area contributed by atoms with Crippen molar-refractivity contribution in [3.05, 3.63) is 24.0 Å². The summed E-state index contributed by atoms with van der Waals surface area (Å²) < 4.78 is 77.0. The molecule has 1 saturated heterocycles. The van der Waals surface area contributed by atoms with Crippen molar-refractivity contribution in [2.24, 2.45) is 5.92 Å². The van der Waals surface area contributed by atoms with E-state index in [1.54, 1.807) is 0 Å². The summed E-state index contributed by atoms with van der Waals surface area (Å²) in [6.45, 7) is -0.702. The number of rotatable bonds is 2. The Labute approximate surface area is 119 Å². The number of sulfonamides is 1. The van der Waals surface area contributed by atoms with Crippen LogP contribution in [0.2, 0.25) is 0 Å². The third-order valence-corrected chi connectivity index (χ3v) is 5.40. The predicted molar refractivity (Wildman–Crippen MR) is 68.4 cm³/mol. The molecule has 0 amide bonds. The lowest BCUT2D eigenvalue weighted by Crippen LogP contribution is -2.44. The van der Waals surface area contributed by atoms with Gasteiger partial charge in [0, 0.05) is 13.1 Å². The van der Waals surface area contributed by atoms with Gasteiger partial charge >= 0.3 is 6.18 Å². The Morgan fingerprint density at radius 2 is 1.95 bits per heavy atom. The average molecular weight is 326 g/mol. The van der Waals surface area contributed by atoms with Crippen molar-refractivity contribution in [3.63, 3.8) is 0 Å². The van der Waals surface area contributed by atoms with Gasteiger partial charge in [0.05, 0.1) is 11.6 Å². The van der Waals surface area contributed by atoms with Crippen LogP contribution in [-0.2, 0) is 10.0 Å². The van der Waals surface area contributed by atoms with Crippen LogP contribution in [0.25, 0.3) is 0 Å². The average Bonchev–Trinajstić information content (AvgIpc) is 2.41. The Hall–Kier alpha value is -1.35. The fourth-order valence-corrected chi connectivity index (χ4v) is 3.96. The molecule has 1 atom stereocenters. The maximum Gasteiger partial charge on any atom is 0.393 e. The minimum absolute atomic E-state index is 0.0368. The predicted octanol–water partition coefficient (Wildman–Crippen LogP) is 2.37. The Kier molecular flexibility index (Phi) is 4.16. The molecule has 1 heterocycles. The van der Waals surface area contributed by atoms with E-state index in [0.717, 1.165) is 22.5 Å². The van der Waals surface area contributed by atoms with E-state index in [9.17, 15) is 26.0 Å². The zero-order valence-electron chi connectivity index (χ0n) is 10.9. The monoisotopic (exact) mass is 326 g/mol. The molecule has 1 aromatic carbocycles. The lowest BCUT2D eigenvalue weighted by molar-refractivity contribution is -0.182. The largest absolute Gasteiger partial charge is 0.395 e. The summed E-state index contributed by atoms with van der Waals surface area (Å²) in [5.41, 5.74) is 4.82. The van der Waals surface area contributed by atoms with Gasteiger partial charge in [-0.2, -0.15) is 17.5 Å². The van der Waals surface area contributed by atoms with Crippen LogP contribution in [0.15, 0.2) is 23.1 Å². The molecule has 0 spiro atoms. The SMILES string of the molecule is Nc1c(F)cccc1S(=O)(=O)N1CCCC(C(F)(F)F)C1. The molecular formula is C12H14F4N2O2S. The van der Waals surface area contributed by atoms with E-state index < -0.39 is 45.1 Å². The molecule has 118 valence electrons. The van der Waals surface area contributed by atoms with Gasteiger partial charge in [-0.25, -0.2) is 12.8 Å². The Bertz CT molecular complexity index is 631. The zero-order chi connectivity index (χ0) is 15.8.